The molecule has 5 aromatic rings. The second-order valence-electron chi connectivity index (χ2n) is 11.3. The van der Waals surface area contributed by atoms with Gasteiger partial charge >= 0.3 is 23.9 Å². The van der Waals surface area contributed by atoms with Crippen LogP contribution in [0.3, 0.4) is 0 Å². The number of esters is 4. The molecule has 0 aromatic heterocycles. The molecule has 11 heteroatoms. The van der Waals surface area contributed by atoms with Crippen LogP contribution in [0.5, 0.6) is 0 Å². The first-order valence-electron chi connectivity index (χ1n) is 15.9. The van der Waals surface area contributed by atoms with Crippen molar-refractivity contribution < 1.29 is 42.9 Å². The fraction of sp³-hybridized carbons (Fsp3) is 0.150. The van der Waals surface area contributed by atoms with Gasteiger partial charge in [-0.15, -0.1) is 0 Å². The van der Waals surface area contributed by atoms with Gasteiger partial charge in [-0.3, -0.25) is 0 Å². The molecule has 1 aliphatic rings. The molecule has 0 amide bonds. The van der Waals surface area contributed by atoms with Crippen molar-refractivity contribution in [2.45, 2.75) is 34.7 Å². The Morgan fingerprint density at radius 1 is 0.510 bits per heavy atom. The van der Waals surface area contributed by atoms with Gasteiger partial charge in [-0.2, -0.15) is 0 Å². The molecule has 1 fully saturated rings. The molecule has 6 rings (SSSR count). The molecule has 5 aromatic carbocycles. The molecule has 258 valence electrons. The normalized spacial score (nSPS) is 19.7. The summed E-state index contributed by atoms with van der Waals surface area (Å²) in [5.41, 5.74) is -0.0489. The van der Waals surface area contributed by atoms with Crippen molar-refractivity contribution in [1.82, 2.24) is 0 Å². The zero-order valence-electron chi connectivity index (χ0n) is 26.9. The number of carbonyl (C=O) groups is 4. The van der Waals surface area contributed by atoms with E-state index in [1.165, 1.54) is 11.8 Å². The first-order valence-corrected chi connectivity index (χ1v) is 17.6. The molecule has 0 unspecified atom stereocenters. The third kappa shape index (κ3) is 9.31. The quantitative estimate of drug-likeness (QED) is 0.0975. The standard InChI is InChI=1S/C40H31BrO9S/c41-30-21-23-31(24-22-30)51-40-35(50-39(45)29-19-11-4-12-20-29)34(49-38(44)28-17-9-3-10-18-28)33(48-37(43)27-15-7-2-8-16-27)32(47-40)25-46-36(42)26-13-5-1-6-14-26/h1-24,32-35,40H,25H2/t32-,33-,34+,35-,40+/m1/s1. The van der Waals surface area contributed by atoms with Gasteiger partial charge in [0.05, 0.1) is 22.3 Å². The van der Waals surface area contributed by atoms with E-state index in [0.717, 1.165) is 9.37 Å². The zero-order chi connectivity index (χ0) is 35.6. The zero-order valence-corrected chi connectivity index (χ0v) is 29.3. The van der Waals surface area contributed by atoms with Gasteiger partial charge in [-0.05, 0) is 72.8 Å². The van der Waals surface area contributed by atoms with E-state index in [1.807, 2.05) is 24.3 Å². The lowest BCUT2D eigenvalue weighted by atomic mass is 9.98. The van der Waals surface area contributed by atoms with Crippen LogP contribution in [0.2, 0.25) is 0 Å². The maximum atomic E-state index is 13.7. The molecule has 5 atom stereocenters. The maximum absolute atomic E-state index is 13.7. The molecule has 0 bridgehead atoms. The first-order chi connectivity index (χ1) is 24.9. The minimum atomic E-state index is -1.42. The summed E-state index contributed by atoms with van der Waals surface area (Å²) in [6, 6.07) is 40.6. The molecule has 0 N–H and O–H groups in total. The predicted octanol–water partition coefficient (Wildman–Crippen LogP) is 7.80. The number of hydrogen-bond acceptors (Lipinski definition) is 10. The SMILES string of the molecule is O=C(OC[C@H]1O[C@@H](Sc2ccc(Br)cc2)[C@H](OC(=O)c2ccccc2)[C@@H](OC(=O)c2ccccc2)[C@@H]1OC(=O)c1ccccc1)c1ccccc1. The average molecular weight is 768 g/mol. The van der Waals surface area contributed by atoms with Crippen LogP contribution in [0.4, 0.5) is 0 Å². The van der Waals surface area contributed by atoms with E-state index in [1.54, 1.807) is 121 Å². The lowest BCUT2D eigenvalue weighted by molar-refractivity contribution is -0.207. The lowest BCUT2D eigenvalue weighted by Gasteiger charge is -2.44. The fourth-order valence-corrected chi connectivity index (χ4v) is 6.64. The van der Waals surface area contributed by atoms with E-state index >= 15 is 0 Å². The molecule has 0 aliphatic carbocycles. The molecule has 0 spiro atoms. The van der Waals surface area contributed by atoms with Gasteiger partial charge in [0.15, 0.2) is 18.3 Å². The Balaban J connectivity index is 1.41. The third-order valence-electron chi connectivity index (χ3n) is 7.80. The summed E-state index contributed by atoms with van der Waals surface area (Å²) in [4.78, 5) is 54.9. The summed E-state index contributed by atoms with van der Waals surface area (Å²) >= 11 is 4.65. The topological polar surface area (TPSA) is 114 Å². The Labute approximate surface area is 307 Å². The van der Waals surface area contributed by atoms with Gasteiger partial charge in [0.2, 0.25) is 0 Å². The van der Waals surface area contributed by atoms with Crippen LogP contribution < -0.4 is 0 Å². The molecule has 1 heterocycles. The number of thioether (sulfide) groups is 1. The van der Waals surface area contributed by atoms with Gasteiger partial charge in [0, 0.05) is 9.37 Å². The third-order valence-corrected chi connectivity index (χ3v) is 9.49. The van der Waals surface area contributed by atoms with E-state index in [-0.39, 0.29) is 16.7 Å². The average Bonchev–Trinajstić information content (AvgIpc) is 3.18. The number of benzene rings is 5. The van der Waals surface area contributed by atoms with Crippen LogP contribution in [0, 0.1) is 0 Å². The van der Waals surface area contributed by atoms with Gasteiger partial charge in [0.1, 0.15) is 18.1 Å². The van der Waals surface area contributed by atoms with Crippen molar-refractivity contribution in [2.24, 2.45) is 0 Å². The first kappa shape index (κ1) is 35.6. The van der Waals surface area contributed by atoms with Crippen molar-refractivity contribution in [3.05, 3.63) is 172 Å². The predicted molar refractivity (Wildman–Crippen MR) is 192 cm³/mol. The highest BCUT2D eigenvalue weighted by Gasteiger charge is 2.53. The smallest absolute Gasteiger partial charge is 0.338 e. The van der Waals surface area contributed by atoms with E-state index in [2.05, 4.69) is 15.9 Å². The van der Waals surface area contributed by atoms with Crippen LogP contribution in [0.25, 0.3) is 0 Å². The summed E-state index contributed by atoms with van der Waals surface area (Å²) in [6.45, 7) is -0.392. The summed E-state index contributed by atoms with van der Waals surface area (Å²) in [5.74, 6) is -2.86. The van der Waals surface area contributed by atoms with E-state index in [0.29, 0.717) is 5.56 Å². The summed E-state index contributed by atoms with van der Waals surface area (Å²) < 4.78 is 31.4. The summed E-state index contributed by atoms with van der Waals surface area (Å²) in [5, 5.41) is 0. The maximum Gasteiger partial charge on any atom is 0.338 e. The van der Waals surface area contributed by atoms with Crippen LogP contribution in [0.1, 0.15) is 41.4 Å². The number of hydrogen-bond donors (Lipinski definition) is 0. The van der Waals surface area contributed by atoms with Crippen LogP contribution in [-0.4, -0.2) is 60.3 Å². The Hall–Kier alpha value is -5.23. The number of halogens is 1. The van der Waals surface area contributed by atoms with Crippen molar-refractivity contribution in [1.29, 1.82) is 0 Å². The highest BCUT2D eigenvalue weighted by atomic mass is 79.9. The van der Waals surface area contributed by atoms with Crippen molar-refractivity contribution >= 4 is 51.6 Å². The number of carbonyl (C=O) groups excluding carboxylic acids is 4. The molecule has 1 aliphatic heterocycles. The minimum absolute atomic E-state index is 0.217. The Bertz CT molecular complexity index is 1930. The van der Waals surface area contributed by atoms with Crippen molar-refractivity contribution in [2.75, 3.05) is 6.61 Å². The second-order valence-corrected chi connectivity index (χ2v) is 13.4. The Kier molecular flexibility index (Phi) is 12.0. The summed E-state index contributed by atoms with van der Waals surface area (Å²) in [7, 11) is 0. The molecular formula is C40H31BrO9S. The van der Waals surface area contributed by atoms with Gasteiger partial charge in [-0.1, -0.05) is 100 Å². The van der Waals surface area contributed by atoms with E-state index in [4.69, 9.17) is 23.7 Å². The molecule has 0 saturated carbocycles. The van der Waals surface area contributed by atoms with Crippen LogP contribution in [-0.2, 0) is 23.7 Å². The largest absolute Gasteiger partial charge is 0.459 e. The van der Waals surface area contributed by atoms with Crippen LogP contribution in [0.15, 0.2) is 155 Å². The van der Waals surface area contributed by atoms with Crippen molar-refractivity contribution in [3.63, 3.8) is 0 Å². The molecule has 0 radical (unpaired) electrons. The van der Waals surface area contributed by atoms with Crippen LogP contribution >= 0.6 is 27.7 Å². The Morgan fingerprint density at radius 2 is 0.902 bits per heavy atom. The summed E-state index contributed by atoms with van der Waals surface area (Å²) in [6.07, 6.45) is -5.29. The highest BCUT2D eigenvalue weighted by molar-refractivity contribution is 9.10. The van der Waals surface area contributed by atoms with E-state index in [9.17, 15) is 19.2 Å². The lowest BCUT2D eigenvalue weighted by Crippen LogP contribution is -2.61. The number of ether oxygens (including phenoxy) is 5. The van der Waals surface area contributed by atoms with Crippen molar-refractivity contribution in [3.8, 4) is 0 Å². The molecule has 1 saturated heterocycles. The molecule has 51 heavy (non-hydrogen) atoms. The van der Waals surface area contributed by atoms with Gasteiger partial charge in [-0.25, -0.2) is 19.2 Å². The van der Waals surface area contributed by atoms with Gasteiger partial charge in [0.25, 0.3) is 0 Å². The minimum Gasteiger partial charge on any atom is -0.459 e. The van der Waals surface area contributed by atoms with Gasteiger partial charge < -0.3 is 23.7 Å². The fourth-order valence-electron chi connectivity index (χ4n) is 5.27. The molecular weight excluding hydrogens is 736 g/mol. The highest BCUT2D eigenvalue weighted by Crippen LogP contribution is 2.39. The monoisotopic (exact) mass is 766 g/mol. The second kappa shape index (κ2) is 17.1. The molecule has 9 nitrogen and oxygen atoms in total. The number of rotatable bonds is 11. The van der Waals surface area contributed by atoms with E-state index < -0.39 is 60.3 Å². The Morgan fingerprint density at radius 3 is 1.35 bits per heavy atom.